The van der Waals surface area contributed by atoms with Crippen LogP contribution in [-0.4, -0.2) is 54.9 Å². The van der Waals surface area contributed by atoms with Crippen molar-refractivity contribution in [2.75, 3.05) is 39.5 Å². The van der Waals surface area contributed by atoms with Gasteiger partial charge in [0.25, 0.3) is 0 Å². The minimum atomic E-state index is 0.0585. The molecule has 0 radical (unpaired) electrons. The first kappa shape index (κ1) is 14.4. The van der Waals surface area contributed by atoms with Crippen LogP contribution in [-0.2, 0) is 11.3 Å². The number of nitrogens with one attached hydrogen (secondary N) is 1. The van der Waals surface area contributed by atoms with Crippen molar-refractivity contribution in [2.24, 2.45) is 0 Å². The van der Waals surface area contributed by atoms with Crippen molar-refractivity contribution in [1.29, 1.82) is 0 Å². The molecular weight excluding hydrogens is 228 g/mol. The number of hydrogen-bond donors (Lipinski definition) is 1. The molecule has 0 aromatic carbocycles. The van der Waals surface area contributed by atoms with Gasteiger partial charge >= 0.3 is 0 Å². The molecule has 100 valence electrons. The van der Waals surface area contributed by atoms with E-state index in [0.717, 1.165) is 24.5 Å². The fraction of sp³-hybridized carbons (Fsp3) is 0.538. The average Bonchev–Trinajstić information content (AvgIpc) is 2.30. The van der Waals surface area contributed by atoms with Crippen LogP contribution in [0.1, 0.15) is 12.5 Å². The molecule has 0 unspecified atom stereocenters. The fourth-order valence-electron chi connectivity index (χ4n) is 1.42. The van der Waals surface area contributed by atoms with E-state index in [4.69, 9.17) is 0 Å². The Kier molecular flexibility index (Phi) is 5.58. The molecule has 0 atom stereocenters. The molecule has 0 bridgehead atoms. The van der Waals surface area contributed by atoms with Crippen LogP contribution >= 0.6 is 0 Å². The zero-order chi connectivity index (χ0) is 13.5. The van der Waals surface area contributed by atoms with E-state index >= 15 is 0 Å². The van der Waals surface area contributed by atoms with Crippen molar-refractivity contribution in [3.63, 3.8) is 0 Å². The SMILES string of the molecule is CC(=O)N(C)Cc1ccc(NCCN(C)C)nc1. The molecule has 0 aliphatic heterocycles. The molecular formula is C13H22N4O. The second-order valence-electron chi connectivity index (χ2n) is 4.66. The Morgan fingerprint density at radius 2 is 2.06 bits per heavy atom. The second-order valence-corrected chi connectivity index (χ2v) is 4.66. The molecule has 0 saturated carbocycles. The number of likely N-dealkylation sites (N-methyl/N-ethyl adjacent to an activating group) is 1. The molecule has 0 saturated heterocycles. The highest BCUT2D eigenvalue weighted by Gasteiger charge is 2.03. The molecule has 0 fully saturated rings. The van der Waals surface area contributed by atoms with Crippen LogP contribution in [0.3, 0.4) is 0 Å². The molecule has 5 nitrogen and oxygen atoms in total. The van der Waals surface area contributed by atoms with Gasteiger partial charge in [-0.25, -0.2) is 4.98 Å². The molecule has 1 heterocycles. The van der Waals surface area contributed by atoms with E-state index in [9.17, 15) is 4.79 Å². The van der Waals surface area contributed by atoms with Gasteiger partial charge in [-0.3, -0.25) is 4.79 Å². The van der Waals surface area contributed by atoms with Crippen LogP contribution in [0, 0.1) is 0 Å². The summed E-state index contributed by atoms with van der Waals surface area (Å²) in [4.78, 5) is 19.2. The number of hydrogen-bond acceptors (Lipinski definition) is 4. The van der Waals surface area contributed by atoms with Crippen molar-refractivity contribution in [3.8, 4) is 0 Å². The van der Waals surface area contributed by atoms with E-state index in [1.54, 1.807) is 25.1 Å². The Morgan fingerprint density at radius 3 is 2.56 bits per heavy atom. The summed E-state index contributed by atoms with van der Waals surface area (Å²) >= 11 is 0. The molecule has 0 aliphatic rings. The van der Waals surface area contributed by atoms with Gasteiger partial charge in [0, 0.05) is 39.8 Å². The maximum Gasteiger partial charge on any atom is 0.219 e. The number of aromatic nitrogens is 1. The van der Waals surface area contributed by atoms with Crippen molar-refractivity contribution < 1.29 is 4.79 Å². The maximum atomic E-state index is 11.1. The van der Waals surface area contributed by atoms with E-state index < -0.39 is 0 Å². The zero-order valence-corrected chi connectivity index (χ0v) is 11.6. The highest BCUT2D eigenvalue weighted by molar-refractivity contribution is 5.72. The quantitative estimate of drug-likeness (QED) is 0.819. The van der Waals surface area contributed by atoms with Gasteiger partial charge < -0.3 is 15.1 Å². The van der Waals surface area contributed by atoms with E-state index in [0.29, 0.717) is 6.54 Å². The summed E-state index contributed by atoms with van der Waals surface area (Å²) in [5.74, 6) is 0.925. The summed E-state index contributed by atoms with van der Waals surface area (Å²) in [6.07, 6.45) is 1.80. The third kappa shape index (κ3) is 5.14. The molecule has 1 aromatic heterocycles. The van der Waals surface area contributed by atoms with Crippen molar-refractivity contribution >= 4 is 11.7 Å². The first-order chi connectivity index (χ1) is 8.49. The van der Waals surface area contributed by atoms with Crippen LogP contribution in [0.4, 0.5) is 5.82 Å². The van der Waals surface area contributed by atoms with Crippen LogP contribution in [0.15, 0.2) is 18.3 Å². The Morgan fingerprint density at radius 1 is 1.33 bits per heavy atom. The van der Waals surface area contributed by atoms with Crippen LogP contribution in [0.5, 0.6) is 0 Å². The van der Waals surface area contributed by atoms with Crippen molar-refractivity contribution in [3.05, 3.63) is 23.9 Å². The van der Waals surface area contributed by atoms with Gasteiger partial charge in [0.05, 0.1) is 0 Å². The zero-order valence-electron chi connectivity index (χ0n) is 11.6. The normalized spacial score (nSPS) is 10.5. The van der Waals surface area contributed by atoms with Gasteiger partial charge in [-0.2, -0.15) is 0 Å². The number of pyridine rings is 1. The lowest BCUT2D eigenvalue weighted by Gasteiger charge is -2.15. The van der Waals surface area contributed by atoms with Crippen LogP contribution in [0.25, 0.3) is 0 Å². The third-order valence-corrected chi connectivity index (χ3v) is 2.65. The lowest BCUT2D eigenvalue weighted by atomic mass is 10.2. The largest absolute Gasteiger partial charge is 0.369 e. The summed E-state index contributed by atoms with van der Waals surface area (Å²) < 4.78 is 0. The minimum Gasteiger partial charge on any atom is -0.369 e. The fourth-order valence-corrected chi connectivity index (χ4v) is 1.42. The summed E-state index contributed by atoms with van der Waals surface area (Å²) in [7, 11) is 5.86. The van der Waals surface area contributed by atoms with Gasteiger partial charge in [-0.1, -0.05) is 6.07 Å². The van der Waals surface area contributed by atoms with E-state index in [-0.39, 0.29) is 5.91 Å². The molecule has 1 amide bonds. The number of amides is 1. The summed E-state index contributed by atoms with van der Waals surface area (Å²) in [5.41, 5.74) is 1.03. The van der Waals surface area contributed by atoms with Gasteiger partial charge in [-0.15, -0.1) is 0 Å². The Bertz CT molecular complexity index is 375. The third-order valence-electron chi connectivity index (χ3n) is 2.65. The first-order valence-corrected chi connectivity index (χ1v) is 6.04. The molecule has 1 aromatic rings. The van der Waals surface area contributed by atoms with E-state index in [1.165, 1.54) is 0 Å². The van der Waals surface area contributed by atoms with Crippen LogP contribution in [0.2, 0.25) is 0 Å². The molecule has 0 spiro atoms. The van der Waals surface area contributed by atoms with Gasteiger partial charge in [0.2, 0.25) is 5.91 Å². The Labute approximate surface area is 109 Å². The smallest absolute Gasteiger partial charge is 0.219 e. The standard InChI is InChI=1S/C13H22N4O/c1-11(18)17(4)10-12-5-6-13(15-9-12)14-7-8-16(2)3/h5-6,9H,7-8,10H2,1-4H3,(H,14,15). The molecule has 5 heteroatoms. The van der Waals surface area contributed by atoms with Gasteiger partial charge in [0.15, 0.2) is 0 Å². The Hall–Kier alpha value is -1.62. The number of carbonyl (C=O) groups is 1. The maximum absolute atomic E-state index is 11.1. The molecule has 1 rings (SSSR count). The highest BCUT2D eigenvalue weighted by atomic mass is 16.2. The molecule has 18 heavy (non-hydrogen) atoms. The molecule has 1 N–H and O–H groups in total. The lowest BCUT2D eigenvalue weighted by Crippen LogP contribution is -2.23. The average molecular weight is 250 g/mol. The second kappa shape index (κ2) is 6.96. The van der Waals surface area contributed by atoms with E-state index in [2.05, 4.69) is 15.2 Å². The summed E-state index contributed by atoms with van der Waals surface area (Å²) in [5, 5.41) is 3.25. The Balaban J connectivity index is 2.44. The van der Waals surface area contributed by atoms with Crippen molar-refractivity contribution in [2.45, 2.75) is 13.5 Å². The predicted molar refractivity (Wildman–Crippen MR) is 73.4 cm³/mol. The molecule has 0 aliphatic carbocycles. The number of rotatable bonds is 6. The monoisotopic (exact) mass is 250 g/mol. The first-order valence-electron chi connectivity index (χ1n) is 6.04. The van der Waals surface area contributed by atoms with E-state index in [1.807, 2.05) is 26.2 Å². The van der Waals surface area contributed by atoms with Crippen LogP contribution < -0.4 is 5.32 Å². The van der Waals surface area contributed by atoms with Gasteiger partial charge in [0.1, 0.15) is 5.82 Å². The van der Waals surface area contributed by atoms with Crippen molar-refractivity contribution in [1.82, 2.24) is 14.8 Å². The topological polar surface area (TPSA) is 48.5 Å². The number of nitrogens with zero attached hydrogens (tertiary/aromatic N) is 3. The highest BCUT2D eigenvalue weighted by Crippen LogP contribution is 2.07. The van der Waals surface area contributed by atoms with Gasteiger partial charge in [-0.05, 0) is 25.7 Å². The predicted octanol–water partition coefficient (Wildman–Crippen LogP) is 1.03. The summed E-state index contributed by atoms with van der Waals surface area (Å²) in [6.45, 7) is 3.99. The lowest BCUT2D eigenvalue weighted by molar-refractivity contribution is -0.128. The summed E-state index contributed by atoms with van der Waals surface area (Å²) in [6, 6.07) is 3.93. The number of anilines is 1. The number of carbonyl (C=O) groups excluding carboxylic acids is 1. The minimum absolute atomic E-state index is 0.0585.